The van der Waals surface area contributed by atoms with E-state index in [0.717, 1.165) is 5.75 Å². The molecule has 8 heteroatoms. The van der Waals surface area contributed by atoms with Crippen molar-refractivity contribution in [2.45, 2.75) is 17.9 Å². The standard InChI is InChI=1S/C12H13FN4O2S/c1-2-20-11-4-3-8(5-10(11)13)17-7-9(6-15-16-14)19-12(17)18/h3-5,9H,2,6-7H2,1H3/t9-/m1/s1. The van der Waals surface area contributed by atoms with Crippen LogP contribution in [-0.2, 0) is 4.74 Å². The van der Waals surface area contributed by atoms with Crippen LogP contribution in [0.3, 0.4) is 0 Å². The van der Waals surface area contributed by atoms with Gasteiger partial charge >= 0.3 is 6.09 Å². The van der Waals surface area contributed by atoms with Gasteiger partial charge in [0.1, 0.15) is 11.9 Å². The van der Waals surface area contributed by atoms with Crippen molar-refractivity contribution in [1.29, 1.82) is 0 Å². The number of nitrogens with zero attached hydrogens (tertiary/aromatic N) is 4. The van der Waals surface area contributed by atoms with Gasteiger partial charge in [-0.1, -0.05) is 12.0 Å². The van der Waals surface area contributed by atoms with Crippen LogP contribution in [-0.4, -0.2) is 31.0 Å². The van der Waals surface area contributed by atoms with Crippen LogP contribution in [0.4, 0.5) is 14.9 Å². The van der Waals surface area contributed by atoms with E-state index in [4.69, 9.17) is 10.3 Å². The first-order chi connectivity index (χ1) is 9.65. The van der Waals surface area contributed by atoms with Gasteiger partial charge in [-0.05, 0) is 29.5 Å². The number of thioether (sulfide) groups is 1. The van der Waals surface area contributed by atoms with Gasteiger partial charge in [-0.25, -0.2) is 9.18 Å². The molecule has 20 heavy (non-hydrogen) atoms. The third kappa shape index (κ3) is 3.15. The van der Waals surface area contributed by atoms with Crippen molar-refractivity contribution in [2.24, 2.45) is 5.11 Å². The average molecular weight is 296 g/mol. The summed E-state index contributed by atoms with van der Waals surface area (Å²) in [6, 6.07) is 4.64. The molecule has 1 amide bonds. The lowest BCUT2D eigenvalue weighted by atomic mass is 10.2. The van der Waals surface area contributed by atoms with Crippen LogP contribution in [0.5, 0.6) is 0 Å². The number of azide groups is 1. The first-order valence-electron chi connectivity index (χ1n) is 6.07. The molecule has 0 unspecified atom stereocenters. The van der Waals surface area contributed by atoms with Crippen molar-refractivity contribution >= 4 is 23.5 Å². The molecule has 2 rings (SSSR count). The molecule has 1 aromatic rings. The summed E-state index contributed by atoms with van der Waals surface area (Å²) < 4.78 is 18.9. The molecule has 0 radical (unpaired) electrons. The van der Waals surface area contributed by atoms with E-state index in [1.54, 1.807) is 12.1 Å². The van der Waals surface area contributed by atoms with Crippen molar-refractivity contribution < 1.29 is 13.9 Å². The third-order valence-corrected chi connectivity index (χ3v) is 3.68. The van der Waals surface area contributed by atoms with Crippen molar-refractivity contribution in [1.82, 2.24) is 0 Å². The van der Waals surface area contributed by atoms with Gasteiger partial charge in [0.25, 0.3) is 0 Å². The van der Waals surface area contributed by atoms with Gasteiger partial charge in [-0.2, -0.15) is 0 Å². The van der Waals surface area contributed by atoms with Gasteiger partial charge in [0, 0.05) is 9.81 Å². The molecule has 1 fully saturated rings. The maximum Gasteiger partial charge on any atom is 0.414 e. The minimum Gasteiger partial charge on any atom is -0.444 e. The highest BCUT2D eigenvalue weighted by molar-refractivity contribution is 7.99. The molecule has 0 N–H and O–H groups in total. The predicted octanol–water partition coefficient (Wildman–Crippen LogP) is 3.57. The van der Waals surface area contributed by atoms with Crippen molar-refractivity contribution in [3.63, 3.8) is 0 Å². The number of hydrogen-bond donors (Lipinski definition) is 0. The number of carbonyl (C=O) groups is 1. The molecule has 0 aliphatic carbocycles. The van der Waals surface area contributed by atoms with Crippen LogP contribution in [0.2, 0.25) is 0 Å². The number of hydrogen-bond acceptors (Lipinski definition) is 4. The Morgan fingerprint density at radius 3 is 3.10 bits per heavy atom. The Labute approximate surface area is 119 Å². The average Bonchev–Trinajstić information content (AvgIpc) is 2.80. The molecule has 1 aromatic carbocycles. The minimum absolute atomic E-state index is 0.0744. The molecule has 1 heterocycles. The van der Waals surface area contributed by atoms with E-state index in [2.05, 4.69) is 10.0 Å². The largest absolute Gasteiger partial charge is 0.444 e. The highest BCUT2D eigenvalue weighted by Gasteiger charge is 2.32. The zero-order valence-corrected chi connectivity index (χ0v) is 11.6. The van der Waals surface area contributed by atoms with E-state index >= 15 is 0 Å². The van der Waals surface area contributed by atoms with Gasteiger partial charge in [0.15, 0.2) is 0 Å². The number of rotatable bonds is 5. The fourth-order valence-electron chi connectivity index (χ4n) is 1.89. The van der Waals surface area contributed by atoms with Crippen molar-refractivity contribution in [3.8, 4) is 0 Å². The van der Waals surface area contributed by atoms with E-state index in [0.29, 0.717) is 10.6 Å². The maximum absolute atomic E-state index is 13.9. The monoisotopic (exact) mass is 296 g/mol. The zero-order valence-electron chi connectivity index (χ0n) is 10.8. The molecule has 1 aliphatic heterocycles. The summed E-state index contributed by atoms with van der Waals surface area (Å²) >= 11 is 1.40. The first kappa shape index (κ1) is 14.5. The number of anilines is 1. The smallest absolute Gasteiger partial charge is 0.414 e. The van der Waals surface area contributed by atoms with E-state index in [1.165, 1.54) is 22.7 Å². The predicted molar refractivity (Wildman–Crippen MR) is 74.4 cm³/mol. The van der Waals surface area contributed by atoms with Crippen LogP contribution < -0.4 is 4.90 Å². The fourth-order valence-corrected chi connectivity index (χ4v) is 2.56. The summed E-state index contributed by atoms with van der Waals surface area (Å²) in [5, 5.41) is 3.37. The Bertz CT molecular complexity index is 562. The molecule has 0 bridgehead atoms. The molecule has 0 spiro atoms. The van der Waals surface area contributed by atoms with Crippen LogP contribution in [0.1, 0.15) is 6.92 Å². The second-order valence-corrected chi connectivity index (χ2v) is 5.38. The van der Waals surface area contributed by atoms with Gasteiger partial charge in [0.05, 0.1) is 18.8 Å². The van der Waals surface area contributed by atoms with Gasteiger partial charge in [0.2, 0.25) is 0 Å². The lowest BCUT2D eigenvalue weighted by Gasteiger charge is -2.13. The Hall–Kier alpha value is -1.92. The number of benzene rings is 1. The summed E-state index contributed by atoms with van der Waals surface area (Å²) in [6.45, 7) is 2.26. The lowest BCUT2D eigenvalue weighted by Crippen LogP contribution is -2.25. The van der Waals surface area contributed by atoms with Crippen molar-refractivity contribution in [2.75, 3.05) is 23.7 Å². The van der Waals surface area contributed by atoms with Crippen LogP contribution >= 0.6 is 11.8 Å². The second kappa shape index (κ2) is 6.49. The SMILES string of the molecule is CCSc1ccc(N2C[C@@H](CN=[N+]=[N-])OC2=O)cc1F. The summed E-state index contributed by atoms with van der Waals surface area (Å²) in [5.41, 5.74) is 8.69. The molecule has 1 aliphatic rings. The highest BCUT2D eigenvalue weighted by Crippen LogP contribution is 2.28. The fraction of sp³-hybridized carbons (Fsp3) is 0.417. The molecular weight excluding hydrogens is 283 g/mol. The zero-order chi connectivity index (χ0) is 14.5. The highest BCUT2D eigenvalue weighted by atomic mass is 32.2. The van der Waals surface area contributed by atoms with E-state index < -0.39 is 12.2 Å². The Morgan fingerprint density at radius 1 is 1.65 bits per heavy atom. The maximum atomic E-state index is 13.9. The second-order valence-electron chi connectivity index (χ2n) is 4.08. The third-order valence-electron chi connectivity index (χ3n) is 2.75. The number of carbonyl (C=O) groups excluding carboxylic acids is 1. The summed E-state index contributed by atoms with van der Waals surface area (Å²) in [7, 11) is 0. The topological polar surface area (TPSA) is 78.3 Å². The lowest BCUT2D eigenvalue weighted by molar-refractivity contribution is 0.145. The normalized spacial score (nSPS) is 17.8. The number of cyclic esters (lactones) is 1. The number of ether oxygens (including phenoxy) is 1. The molecule has 106 valence electrons. The molecular formula is C12H13FN4O2S. The Kier molecular flexibility index (Phi) is 4.70. The van der Waals surface area contributed by atoms with Gasteiger partial charge in [-0.3, -0.25) is 4.90 Å². The molecule has 6 nitrogen and oxygen atoms in total. The Morgan fingerprint density at radius 2 is 2.45 bits per heavy atom. The van der Waals surface area contributed by atoms with Gasteiger partial charge in [-0.15, -0.1) is 11.8 Å². The summed E-state index contributed by atoms with van der Waals surface area (Å²) in [4.78, 5) is 16.2. The number of amides is 1. The molecule has 1 saturated heterocycles. The number of halogens is 1. The quantitative estimate of drug-likeness (QED) is 0.360. The van der Waals surface area contributed by atoms with Crippen LogP contribution in [0, 0.1) is 5.82 Å². The molecule has 0 saturated carbocycles. The van der Waals surface area contributed by atoms with Gasteiger partial charge < -0.3 is 4.74 Å². The summed E-state index contributed by atoms with van der Waals surface area (Å²) in [6.07, 6.45) is -1.05. The molecule has 0 aromatic heterocycles. The first-order valence-corrected chi connectivity index (χ1v) is 7.05. The van der Waals surface area contributed by atoms with E-state index in [1.807, 2.05) is 6.92 Å². The van der Waals surface area contributed by atoms with Crippen LogP contribution in [0.15, 0.2) is 28.2 Å². The minimum atomic E-state index is -0.557. The van der Waals surface area contributed by atoms with E-state index in [-0.39, 0.29) is 18.9 Å². The summed E-state index contributed by atoms with van der Waals surface area (Å²) in [5.74, 6) is 0.414. The van der Waals surface area contributed by atoms with Crippen LogP contribution in [0.25, 0.3) is 10.4 Å². The molecule has 1 atom stereocenters. The van der Waals surface area contributed by atoms with Crippen molar-refractivity contribution in [3.05, 3.63) is 34.5 Å². The van der Waals surface area contributed by atoms with E-state index in [9.17, 15) is 9.18 Å². The Balaban J connectivity index is 2.13.